The van der Waals surface area contributed by atoms with E-state index in [1.165, 1.54) is 12.1 Å². The van der Waals surface area contributed by atoms with E-state index in [0.29, 0.717) is 0 Å². The summed E-state index contributed by atoms with van der Waals surface area (Å²) in [7, 11) is -3.95. The van der Waals surface area contributed by atoms with E-state index in [1.54, 1.807) is 0 Å². The van der Waals surface area contributed by atoms with Crippen molar-refractivity contribution in [2.75, 3.05) is 5.73 Å². The molecular weight excluding hydrogens is 308 g/mol. The van der Waals surface area contributed by atoms with Crippen molar-refractivity contribution >= 4 is 27.1 Å². The first-order valence-corrected chi connectivity index (χ1v) is 7.54. The molecule has 2 N–H and O–H groups in total. The van der Waals surface area contributed by atoms with Crippen molar-refractivity contribution in [2.24, 2.45) is 0 Å². The fourth-order valence-corrected chi connectivity index (χ4v) is 3.46. The van der Waals surface area contributed by atoms with Crippen LogP contribution >= 0.6 is 11.6 Å². The predicted octanol–water partition coefficient (Wildman–Crippen LogP) is 3.17. The van der Waals surface area contributed by atoms with Crippen molar-refractivity contribution in [1.29, 1.82) is 0 Å². The number of hydrogen-bond acceptors (Lipinski definition) is 3. The van der Waals surface area contributed by atoms with Gasteiger partial charge in [0.2, 0.25) is 0 Å². The lowest BCUT2D eigenvalue weighted by Crippen LogP contribution is -2.08. The van der Waals surface area contributed by atoms with E-state index in [-0.39, 0.29) is 21.2 Å². The molecule has 106 valence electrons. The molecule has 0 spiro atoms. The summed E-state index contributed by atoms with van der Waals surface area (Å²) < 4.78 is 51.1. The third-order valence-corrected chi connectivity index (χ3v) is 4.63. The Kier molecular flexibility index (Phi) is 3.96. The van der Waals surface area contributed by atoms with Crippen LogP contribution in [-0.2, 0) is 15.6 Å². The Balaban J connectivity index is 2.46. The van der Waals surface area contributed by atoms with Gasteiger partial charge < -0.3 is 5.73 Å². The van der Waals surface area contributed by atoms with Gasteiger partial charge in [0.1, 0.15) is 11.6 Å². The number of hydrogen-bond donors (Lipinski definition) is 1. The highest BCUT2D eigenvalue weighted by Gasteiger charge is 2.20. The summed E-state index contributed by atoms with van der Waals surface area (Å²) >= 11 is 5.78. The molecule has 2 aromatic carbocycles. The van der Waals surface area contributed by atoms with Crippen LogP contribution < -0.4 is 5.73 Å². The van der Waals surface area contributed by atoms with Gasteiger partial charge in [-0.2, -0.15) is 0 Å². The van der Waals surface area contributed by atoms with Crippen LogP contribution in [-0.4, -0.2) is 8.42 Å². The maximum Gasteiger partial charge on any atom is 0.182 e. The van der Waals surface area contributed by atoms with E-state index >= 15 is 0 Å². The van der Waals surface area contributed by atoms with E-state index in [2.05, 4.69) is 0 Å². The molecule has 2 aromatic rings. The largest absolute Gasteiger partial charge is 0.399 e. The quantitative estimate of drug-likeness (QED) is 0.884. The maximum absolute atomic E-state index is 13.6. The number of nitrogens with two attached hydrogens (primary N) is 1. The minimum Gasteiger partial charge on any atom is -0.399 e. The van der Waals surface area contributed by atoms with Crippen LogP contribution in [0.2, 0.25) is 5.02 Å². The van der Waals surface area contributed by atoms with Crippen LogP contribution in [0.5, 0.6) is 0 Å². The molecule has 0 saturated carbocycles. The number of sulfone groups is 1. The first-order valence-electron chi connectivity index (χ1n) is 5.51. The van der Waals surface area contributed by atoms with E-state index in [1.807, 2.05) is 0 Å². The molecule has 0 amide bonds. The van der Waals surface area contributed by atoms with Crippen LogP contribution in [0.3, 0.4) is 0 Å². The lowest BCUT2D eigenvalue weighted by atomic mass is 10.2. The summed E-state index contributed by atoms with van der Waals surface area (Å²) in [5, 5.41) is -0.00190. The second kappa shape index (κ2) is 5.38. The van der Waals surface area contributed by atoms with Crippen molar-refractivity contribution in [1.82, 2.24) is 0 Å². The standard InChI is InChI=1S/C13H10ClF2NO2S/c14-12-2-1-3-13(16)11(12)7-20(18,19)10-5-8(15)4-9(17)6-10/h1-6H,7,17H2. The van der Waals surface area contributed by atoms with Gasteiger partial charge in [0.25, 0.3) is 0 Å². The Morgan fingerprint density at radius 3 is 2.45 bits per heavy atom. The van der Waals surface area contributed by atoms with E-state index in [9.17, 15) is 17.2 Å². The molecule has 0 atom stereocenters. The zero-order valence-corrected chi connectivity index (χ0v) is 11.7. The molecule has 0 heterocycles. The summed E-state index contributed by atoms with van der Waals surface area (Å²) in [5.41, 5.74) is 5.22. The van der Waals surface area contributed by atoms with Crippen molar-refractivity contribution in [3.05, 3.63) is 58.6 Å². The second-order valence-electron chi connectivity index (χ2n) is 4.18. The average molecular weight is 318 g/mol. The predicted molar refractivity (Wildman–Crippen MR) is 73.1 cm³/mol. The minimum atomic E-state index is -3.95. The van der Waals surface area contributed by atoms with E-state index < -0.39 is 27.2 Å². The molecule has 2 rings (SSSR count). The van der Waals surface area contributed by atoms with Crippen LogP contribution in [0, 0.1) is 11.6 Å². The first kappa shape index (κ1) is 14.7. The minimum absolute atomic E-state index is 0.00190. The van der Waals surface area contributed by atoms with Crippen molar-refractivity contribution in [3.8, 4) is 0 Å². The first-order chi connectivity index (χ1) is 9.29. The van der Waals surface area contributed by atoms with Crippen molar-refractivity contribution < 1.29 is 17.2 Å². The molecule has 0 unspecified atom stereocenters. The Hall–Kier alpha value is -1.66. The Morgan fingerprint density at radius 1 is 1.15 bits per heavy atom. The Morgan fingerprint density at radius 2 is 1.85 bits per heavy atom. The van der Waals surface area contributed by atoms with Crippen LogP contribution in [0.25, 0.3) is 0 Å². The fourth-order valence-electron chi connectivity index (χ4n) is 1.71. The highest BCUT2D eigenvalue weighted by atomic mass is 35.5. The van der Waals surface area contributed by atoms with Crippen LogP contribution in [0.1, 0.15) is 5.56 Å². The molecule has 0 fully saturated rings. The van der Waals surface area contributed by atoms with Gasteiger partial charge in [-0.25, -0.2) is 17.2 Å². The second-order valence-corrected chi connectivity index (χ2v) is 6.58. The zero-order chi connectivity index (χ0) is 14.9. The topological polar surface area (TPSA) is 60.2 Å². The zero-order valence-electron chi connectivity index (χ0n) is 10.1. The van der Waals surface area contributed by atoms with Gasteiger partial charge in [-0.05, 0) is 30.3 Å². The molecular formula is C13H10ClF2NO2S. The highest BCUT2D eigenvalue weighted by molar-refractivity contribution is 7.90. The molecule has 3 nitrogen and oxygen atoms in total. The SMILES string of the molecule is Nc1cc(F)cc(S(=O)(=O)Cc2c(F)cccc2Cl)c1. The summed E-state index contributed by atoms with van der Waals surface area (Å²) in [5.74, 6) is -2.17. The lowest BCUT2D eigenvalue weighted by molar-refractivity contribution is 0.583. The van der Waals surface area contributed by atoms with Gasteiger partial charge in [0.05, 0.1) is 10.6 Å². The van der Waals surface area contributed by atoms with Gasteiger partial charge in [-0.3, -0.25) is 0 Å². The number of anilines is 1. The number of rotatable bonds is 3. The third kappa shape index (κ3) is 3.08. The molecule has 20 heavy (non-hydrogen) atoms. The molecule has 0 saturated heterocycles. The van der Waals surface area contributed by atoms with Crippen LogP contribution in [0.15, 0.2) is 41.3 Å². The van der Waals surface area contributed by atoms with Gasteiger partial charge in [0.15, 0.2) is 9.84 Å². The molecule has 0 radical (unpaired) electrons. The van der Waals surface area contributed by atoms with Gasteiger partial charge in [0, 0.05) is 16.3 Å². The fraction of sp³-hybridized carbons (Fsp3) is 0.0769. The van der Waals surface area contributed by atoms with Gasteiger partial charge in [-0.15, -0.1) is 0 Å². The monoisotopic (exact) mass is 317 g/mol. The summed E-state index contributed by atoms with van der Waals surface area (Å²) in [6.45, 7) is 0. The van der Waals surface area contributed by atoms with Gasteiger partial charge >= 0.3 is 0 Å². The average Bonchev–Trinajstić information content (AvgIpc) is 2.33. The summed E-state index contributed by atoms with van der Waals surface area (Å²) in [6.07, 6.45) is 0. The number of halogens is 3. The Bertz CT molecular complexity index is 722. The third-order valence-electron chi connectivity index (χ3n) is 2.65. The molecule has 0 aromatic heterocycles. The molecule has 0 bridgehead atoms. The summed E-state index contributed by atoms with van der Waals surface area (Å²) in [6, 6.07) is 6.81. The highest BCUT2D eigenvalue weighted by Crippen LogP contribution is 2.25. The summed E-state index contributed by atoms with van der Waals surface area (Å²) in [4.78, 5) is -0.311. The van der Waals surface area contributed by atoms with Crippen molar-refractivity contribution in [3.63, 3.8) is 0 Å². The van der Waals surface area contributed by atoms with E-state index in [0.717, 1.165) is 24.3 Å². The smallest absolute Gasteiger partial charge is 0.182 e. The van der Waals surface area contributed by atoms with Crippen molar-refractivity contribution in [2.45, 2.75) is 10.6 Å². The lowest BCUT2D eigenvalue weighted by Gasteiger charge is -2.08. The molecule has 7 heteroatoms. The maximum atomic E-state index is 13.6. The number of nitrogen functional groups attached to an aromatic ring is 1. The van der Waals surface area contributed by atoms with E-state index in [4.69, 9.17) is 17.3 Å². The Labute approximate surface area is 119 Å². The number of benzene rings is 2. The van der Waals surface area contributed by atoms with Gasteiger partial charge in [-0.1, -0.05) is 17.7 Å². The molecule has 0 aliphatic heterocycles. The molecule has 0 aliphatic rings. The van der Waals surface area contributed by atoms with Crippen LogP contribution in [0.4, 0.5) is 14.5 Å². The normalized spacial score (nSPS) is 11.6. The molecule has 0 aliphatic carbocycles.